The summed E-state index contributed by atoms with van der Waals surface area (Å²) in [4.78, 5) is 13.6. The molecule has 0 aromatic carbocycles. The summed E-state index contributed by atoms with van der Waals surface area (Å²) in [7, 11) is 1.78. The van der Waals surface area contributed by atoms with Crippen molar-refractivity contribution in [1.29, 1.82) is 0 Å². The molecule has 1 amide bonds. The van der Waals surface area contributed by atoms with E-state index in [-0.39, 0.29) is 5.91 Å². The summed E-state index contributed by atoms with van der Waals surface area (Å²) in [6.07, 6.45) is 4.00. The molecule has 0 saturated heterocycles. The second-order valence-electron chi connectivity index (χ2n) is 4.28. The average molecular weight is 247 g/mol. The van der Waals surface area contributed by atoms with Crippen molar-refractivity contribution in [2.24, 2.45) is 0 Å². The third kappa shape index (κ3) is 3.23. The number of aromatic nitrogens is 2. The molecule has 5 heteroatoms. The van der Waals surface area contributed by atoms with Crippen LogP contribution >= 0.6 is 0 Å². The van der Waals surface area contributed by atoms with Gasteiger partial charge < -0.3 is 9.32 Å². The maximum Gasteiger partial charge on any atom is 0.224 e. The second-order valence-corrected chi connectivity index (χ2v) is 4.28. The van der Waals surface area contributed by atoms with Crippen LogP contribution in [0.15, 0.2) is 35.0 Å². The van der Waals surface area contributed by atoms with E-state index in [4.69, 9.17) is 4.42 Å². The zero-order valence-corrected chi connectivity index (χ0v) is 10.7. The second kappa shape index (κ2) is 5.53. The first-order chi connectivity index (χ1) is 8.65. The first-order valence-corrected chi connectivity index (χ1v) is 5.92. The molecule has 0 radical (unpaired) electrons. The Morgan fingerprint density at radius 3 is 2.94 bits per heavy atom. The highest BCUT2D eigenvalue weighted by molar-refractivity contribution is 5.75. The molecule has 18 heavy (non-hydrogen) atoms. The lowest BCUT2D eigenvalue weighted by molar-refractivity contribution is -0.130. The molecule has 0 fully saturated rings. The number of furan rings is 1. The van der Waals surface area contributed by atoms with E-state index in [1.54, 1.807) is 22.8 Å². The van der Waals surface area contributed by atoms with E-state index in [1.807, 2.05) is 31.3 Å². The number of nitrogens with zero attached hydrogens (tertiary/aromatic N) is 3. The monoisotopic (exact) mass is 247 g/mol. The third-order valence-corrected chi connectivity index (χ3v) is 2.73. The summed E-state index contributed by atoms with van der Waals surface area (Å²) in [6, 6.07) is 5.64. The first kappa shape index (κ1) is 12.4. The highest BCUT2D eigenvalue weighted by Crippen LogP contribution is 2.09. The van der Waals surface area contributed by atoms with Crippen LogP contribution in [0.4, 0.5) is 0 Å². The van der Waals surface area contributed by atoms with E-state index in [0.29, 0.717) is 19.5 Å². The lowest BCUT2D eigenvalue weighted by Crippen LogP contribution is -2.26. The zero-order valence-electron chi connectivity index (χ0n) is 10.7. The molecule has 0 atom stereocenters. The summed E-state index contributed by atoms with van der Waals surface area (Å²) < 4.78 is 7.20. The lowest BCUT2D eigenvalue weighted by atomic mass is 10.3. The summed E-state index contributed by atoms with van der Waals surface area (Å²) in [5, 5.41) is 4.06. The lowest BCUT2D eigenvalue weighted by Gasteiger charge is -2.15. The molecular weight excluding hydrogens is 230 g/mol. The van der Waals surface area contributed by atoms with Crippen LogP contribution in [0.5, 0.6) is 0 Å². The van der Waals surface area contributed by atoms with Gasteiger partial charge in [0.1, 0.15) is 11.5 Å². The SMILES string of the molecule is Cc1ccc(CN(C)C(=O)CCn2cccn2)o1. The van der Waals surface area contributed by atoms with Crippen molar-refractivity contribution in [3.63, 3.8) is 0 Å². The summed E-state index contributed by atoms with van der Waals surface area (Å²) in [5.74, 6) is 1.75. The molecule has 2 aromatic rings. The van der Waals surface area contributed by atoms with Gasteiger partial charge in [0.2, 0.25) is 5.91 Å². The molecular formula is C13H17N3O2. The van der Waals surface area contributed by atoms with Crippen LogP contribution in [0.3, 0.4) is 0 Å². The van der Waals surface area contributed by atoms with Crippen molar-refractivity contribution in [2.45, 2.75) is 26.4 Å². The van der Waals surface area contributed by atoms with Gasteiger partial charge in [-0.25, -0.2) is 0 Å². The predicted octanol–water partition coefficient (Wildman–Crippen LogP) is 1.83. The molecule has 0 N–H and O–H groups in total. The standard InChI is InChI=1S/C13H17N3O2/c1-11-4-5-12(18-11)10-15(2)13(17)6-9-16-8-3-7-14-16/h3-5,7-8H,6,9-10H2,1-2H3. The number of amides is 1. The molecule has 5 nitrogen and oxygen atoms in total. The maximum absolute atomic E-state index is 11.9. The molecule has 0 aliphatic carbocycles. The number of hydrogen-bond donors (Lipinski definition) is 0. The van der Waals surface area contributed by atoms with Gasteiger partial charge in [-0.15, -0.1) is 0 Å². The Morgan fingerprint density at radius 1 is 1.50 bits per heavy atom. The van der Waals surface area contributed by atoms with Crippen LogP contribution in [0.25, 0.3) is 0 Å². The van der Waals surface area contributed by atoms with Crippen molar-refractivity contribution < 1.29 is 9.21 Å². The molecule has 0 aliphatic rings. The van der Waals surface area contributed by atoms with Crippen LogP contribution < -0.4 is 0 Å². The molecule has 2 rings (SSSR count). The molecule has 0 spiro atoms. The smallest absolute Gasteiger partial charge is 0.224 e. The molecule has 96 valence electrons. The quantitative estimate of drug-likeness (QED) is 0.810. The minimum Gasteiger partial charge on any atom is -0.464 e. The Hall–Kier alpha value is -2.04. The van der Waals surface area contributed by atoms with Crippen molar-refractivity contribution in [1.82, 2.24) is 14.7 Å². The topological polar surface area (TPSA) is 51.3 Å². The number of rotatable bonds is 5. The van der Waals surface area contributed by atoms with Crippen molar-refractivity contribution in [3.05, 3.63) is 42.1 Å². The summed E-state index contributed by atoms with van der Waals surface area (Å²) in [5.41, 5.74) is 0. The Balaban J connectivity index is 1.81. The van der Waals surface area contributed by atoms with Gasteiger partial charge >= 0.3 is 0 Å². The molecule has 0 bridgehead atoms. The van der Waals surface area contributed by atoms with E-state index < -0.39 is 0 Å². The van der Waals surface area contributed by atoms with Crippen molar-refractivity contribution >= 4 is 5.91 Å². The van der Waals surface area contributed by atoms with Gasteiger partial charge in [-0.05, 0) is 25.1 Å². The van der Waals surface area contributed by atoms with E-state index in [0.717, 1.165) is 11.5 Å². The van der Waals surface area contributed by atoms with Crippen LogP contribution in [-0.2, 0) is 17.9 Å². The predicted molar refractivity (Wildman–Crippen MR) is 66.8 cm³/mol. The fraction of sp³-hybridized carbons (Fsp3) is 0.385. The Bertz CT molecular complexity index is 502. The van der Waals surface area contributed by atoms with E-state index in [9.17, 15) is 4.79 Å². The average Bonchev–Trinajstić information content (AvgIpc) is 2.97. The minimum atomic E-state index is 0.0829. The Labute approximate surface area is 106 Å². The molecule has 2 heterocycles. The van der Waals surface area contributed by atoms with Gasteiger partial charge in [0, 0.05) is 32.4 Å². The molecule has 2 aromatic heterocycles. The van der Waals surface area contributed by atoms with E-state index in [2.05, 4.69) is 5.10 Å². The van der Waals surface area contributed by atoms with Gasteiger partial charge in [0.25, 0.3) is 0 Å². The zero-order chi connectivity index (χ0) is 13.0. The number of carbonyl (C=O) groups is 1. The Kier molecular flexibility index (Phi) is 3.82. The first-order valence-electron chi connectivity index (χ1n) is 5.92. The Morgan fingerprint density at radius 2 is 2.33 bits per heavy atom. The fourth-order valence-corrected chi connectivity index (χ4v) is 1.73. The normalized spacial score (nSPS) is 10.6. The van der Waals surface area contributed by atoms with Crippen LogP contribution in [0, 0.1) is 6.92 Å². The minimum absolute atomic E-state index is 0.0829. The number of hydrogen-bond acceptors (Lipinski definition) is 3. The van der Waals surface area contributed by atoms with Gasteiger partial charge in [-0.1, -0.05) is 0 Å². The number of carbonyl (C=O) groups excluding carboxylic acids is 1. The summed E-state index contributed by atoms with van der Waals surface area (Å²) in [6.45, 7) is 3.00. The van der Waals surface area contributed by atoms with Crippen LogP contribution in [-0.4, -0.2) is 27.6 Å². The van der Waals surface area contributed by atoms with Crippen LogP contribution in [0.2, 0.25) is 0 Å². The fourth-order valence-electron chi connectivity index (χ4n) is 1.73. The van der Waals surface area contributed by atoms with Gasteiger partial charge in [0.05, 0.1) is 6.54 Å². The maximum atomic E-state index is 11.9. The molecule has 0 saturated carbocycles. The van der Waals surface area contributed by atoms with Gasteiger partial charge in [-0.3, -0.25) is 9.48 Å². The number of aryl methyl sites for hydroxylation is 2. The molecule has 0 unspecified atom stereocenters. The molecule has 0 aliphatic heterocycles. The van der Waals surface area contributed by atoms with Gasteiger partial charge in [0.15, 0.2) is 0 Å². The van der Waals surface area contributed by atoms with Gasteiger partial charge in [-0.2, -0.15) is 5.10 Å². The summed E-state index contributed by atoms with van der Waals surface area (Å²) >= 11 is 0. The van der Waals surface area contributed by atoms with E-state index >= 15 is 0 Å². The highest BCUT2D eigenvalue weighted by atomic mass is 16.3. The van der Waals surface area contributed by atoms with Crippen molar-refractivity contribution in [3.8, 4) is 0 Å². The largest absolute Gasteiger partial charge is 0.464 e. The highest BCUT2D eigenvalue weighted by Gasteiger charge is 2.11. The van der Waals surface area contributed by atoms with E-state index in [1.165, 1.54) is 0 Å². The van der Waals surface area contributed by atoms with Crippen LogP contribution in [0.1, 0.15) is 17.9 Å². The van der Waals surface area contributed by atoms with Crippen molar-refractivity contribution in [2.75, 3.05) is 7.05 Å². The third-order valence-electron chi connectivity index (χ3n) is 2.73.